The van der Waals surface area contributed by atoms with Gasteiger partial charge in [0.05, 0.1) is 6.04 Å². The molecule has 2 saturated heterocycles. The lowest BCUT2D eigenvalue weighted by molar-refractivity contribution is 0.121. The average molecular weight is 246 g/mol. The zero-order valence-corrected chi connectivity index (χ0v) is 10.6. The third kappa shape index (κ3) is 2.08. The van der Waals surface area contributed by atoms with Gasteiger partial charge in [-0.05, 0) is 25.5 Å². The van der Waals surface area contributed by atoms with E-state index in [1.807, 2.05) is 4.90 Å². The number of benzene rings is 1. The van der Waals surface area contributed by atoms with Gasteiger partial charge in [0.2, 0.25) is 0 Å². The fourth-order valence-electron chi connectivity index (χ4n) is 2.70. The number of hydrogen-bond donors (Lipinski definition) is 1. The molecule has 0 spiro atoms. The highest BCUT2D eigenvalue weighted by atomic mass is 16.6. The van der Waals surface area contributed by atoms with Crippen LogP contribution in [0.3, 0.4) is 0 Å². The van der Waals surface area contributed by atoms with E-state index in [4.69, 9.17) is 4.74 Å². The first-order valence-electron chi connectivity index (χ1n) is 6.47. The standard InChI is InChI=1S/C14H18N2O2/c1-10-2-4-11(5-3-10)9-16-12-6-7-15-8-13(12)18-14(16)17/h2-5,12-13,15H,6-9H2,1H3. The number of rotatable bonds is 2. The lowest BCUT2D eigenvalue weighted by atomic mass is 10.0. The van der Waals surface area contributed by atoms with Crippen LogP contribution in [0.15, 0.2) is 24.3 Å². The first-order valence-corrected chi connectivity index (χ1v) is 6.47. The molecule has 2 fully saturated rings. The van der Waals surface area contributed by atoms with Gasteiger partial charge < -0.3 is 10.1 Å². The van der Waals surface area contributed by atoms with Gasteiger partial charge in [-0.1, -0.05) is 29.8 Å². The molecular formula is C14H18N2O2. The second-order valence-electron chi connectivity index (χ2n) is 5.10. The number of carbonyl (C=O) groups is 1. The normalized spacial score (nSPS) is 26.9. The van der Waals surface area contributed by atoms with Gasteiger partial charge in [-0.2, -0.15) is 0 Å². The van der Waals surface area contributed by atoms with Crippen LogP contribution in [0.25, 0.3) is 0 Å². The summed E-state index contributed by atoms with van der Waals surface area (Å²) in [7, 11) is 0. The van der Waals surface area contributed by atoms with Gasteiger partial charge >= 0.3 is 6.09 Å². The molecule has 0 bridgehead atoms. The molecule has 2 heterocycles. The first kappa shape index (κ1) is 11.5. The van der Waals surface area contributed by atoms with Crippen LogP contribution in [0.2, 0.25) is 0 Å². The molecule has 18 heavy (non-hydrogen) atoms. The molecule has 1 aromatic carbocycles. The molecule has 0 radical (unpaired) electrons. The number of amides is 1. The average Bonchev–Trinajstić information content (AvgIpc) is 2.69. The molecule has 1 aromatic rings. The highest BCUT2D eigenvalue weighted by molar-refractivity contribution is 5.71. The summed E-state index contributed by atoms with van der Waals surface area (Å²) in [5, 5.41) is 3.26. The zero-order valence-electron chi connectivity index (χ0n) is 10.6. The number of nitrogens with one attached hydrogen (secondary N) is 1. The number of ether oxygens (including phenoxy) is 1. The Kier molecular flexibility index (Phi) is 2.96. The van der Waals surface area contributed by atoms with Gasteiger partial charge in [-0.25, -0.2) is 4.79 Å². The summed E-state index contributed by atoms with van der Waals surface area (Å²) in [6, 6.07) is 8.56. The van der Waals surface area contributed by atoms with Gasteiger partial charge in [0.1, 0.15) is 6.10 Å². The molecular weight excluding hydrogens is 228 g/mol. The Balaban J connectivity index is 1.75. The topological polar surface area (TPSA) is 41.6 Å². The van der Waals surface area contributed by atoms with E-state index in [0.29, 0.717) is 6.54 Å². The number of nitrogens with zero attached hydrogens (tertiary/aromatic N) is 1. The molecule has 2 aliphatic heterocycles. The first-order chi connectivity index (χ1) is 8.74. The lowest BCUT2D eigenvalue weighted by Gasteiger charge is -2.28. The van der Waals surface area contributed by atoms with Crippen LogP contribution in [0.5, 0.6) is 0 Å². The van der Waals surface area contributed by atoms with Crippen molar-refractivity contribution < 1.29 is 9.53 Å². The van der Waals surface area contributed by atoms with Crippen LogP contribution in [-0.2, 0) is 11.3 Å². The second kappa shape index (κ2) is 4.61. The zero-order chi connectivity index (χ0) is 12.5. The molecule has 2 aliphatic rings. The van der Waals surface area contributed by atoms with Crippen LogP contribution in [0.4, 0.5) is 4.79 Å². The van der Waals surface area contributed by atoms with Crippen molar-refractivity contribution in [1.29, 1.82) is 0 Å². The summed E-state index contributed by atoms with van der Waals surface area (Å²) in [6.07, 6.45) is 0.827. The van der Waals surface area contributed by atoms with E-state index in [9.17, 15) is 4.79 Å². The fourth-order valence-corrected chi connectivity index (χ4v) is 2.70. The number of piperidine rings is 1. The highest BCUT2D eigenvalue weighted by Crippen LogP contribution is 2.26. The van der Waals surface area contributed by atoms with Gasteiger partial charge in [0.25, 0.3) is 0 Å². The van der Waals surface area contributed by atoms with E-state index in [0.717, 1.165) is 25.1 Å². The molecule has 3 rings (SSSR count). The van der Waals surface area contributed by atoms with Crippen LogP contribution in [-0.4, -0.2) is 36.2 Å². The molecule has 96 valence electrons. The Bertz CT molecular complexity index is 444. The minimum absolute atomic E-state index is 0.0247. The van der Waals surface area contributed by atoms with Crippen LogP contribution in [0, 0.1) is 6.92 Å². The molecule has 1 N–H and O–H groups in total. The van der Waals surface area contributed by atoms with Gasteiger partial charge in [0.15, 0.2) is 0 Å². The SMILES string of the molecule is Cc1ccc(CN2C(=O)OC3CNCCC32)cc1. The van der Waals surface area contributed by atoms with E-state index >= 15 is 0 Å². The van der Waals surface area contributed by atoms with Gasteiger partial charge in [-0.15, -0.1) is 0 Å². The Hall–Kier alpha value is -1.55. The Morgan fingerprint density at radius 2 is 2.17 bits per heavy atom. The minimum atomic E-state index is -0.172. The summed E-state index contributed by atoms with van der Waals surface area (Å²) in [6.45, 7) is 4.46. The summed E-state index contributed by atoms with van der Waals surface area (Å²) in [4.78, 5) is 13.8. The maximum absolute atomic E-state index is 11.9. The minimum Gasteiger partial charge on any atom is -0.443 e. The number of hydrogen-bond acceptors (Lipinski definition) is 3. The molecule has 4 nitrogen and oxygen atoms in total. The molecule has 0 saturated carbocycles. The Morgan fingerprint density at radius 1 is 1.39 bits per heavy atom. The van der Waals surface area contributed by atoms with E-state index in [2.05, 4.69) is 36.5 Å². The molecule has 1 amide bonds. The largest absolute Gasteiger partial charge is 0.443 e. The van der Waals surface area contributed by atoms with Crippen molar-refractivity contribution in [3.8, 4) is 0 Å². The van der Waals surface area contributed by atoms with Crippen molar-refractivity contribution in [3.63, 3.8) is 0 Å². The smallest absolute Gasteiger partial charge is 0.410 e. The predicted octanol–water partition coefficient (Wildman–Crippen LogP) is 1.68. The van der Waals surface area contributed by atoms with Crippen molar-refractivity contribution in [1.82, 2.24) is 10.2 Å². The Morgan fingerprint density at radius 3 is 2.94 bits per heavy atom. The summed E-state index contributed by atoms with van der Waals surface area (Å²) >= 11 is 0. The maximum Gasteiger partial charge on any atom is 0.410 e. The lowest BCUT2D eigenvalue weighted by Crippen LogP contribution is -2.47. The fraction of sp³-hybridized carbons (Fsp3) is 0.500. The van der Waals surface area contributed by atoms with Crippen molar-refractivity contribution in [3.05, 3.63) is 35.4 Å². The quantitative estimate of drug-likeness (QED) is 0.863. The van der Waals surface area contributed by atoms with Gasteiger partial charge in [0, 0.05) is 13.1 Å². The molecule has 4 heteroatoms. The van der Waals surface area contributed by atoms with E-state index in [-0.39, 0.29) is 18.2 Å². The van der Waals surface area contributed by atoms with E-state index in [1.165, 1.54) is 5.56 Å². The number of fused-ring (bicyclic) bond motifs is 1. The number of carbonyl (C=O) groups excluding carboxylic acids is 1. The van der Waals surface area contributed by atoms with Crippen LogP contribution >= 0.6 is 0 Å². The highest BCUT2D eigenvalue weighted by Gasteiger charge is 2.42. The summed E-state index contributed by atoms with van der Waals surface area (Å²) in [5.41, 5.74) is 2.40. The van der Waals surface area contributed by atoms with Gasteiger partial charge in [-0.3, -0.25) is 4.90 Å². The molecule has 0 aliphatic carbocycles. The van der Waals surface area contributed by atoms with Crippen LogP contribution in [0.1, 0.15) is 17.5 Å². The van der Waals surface area contributed by atoms with Crippen LogP contribution < -0.4 is 5.32 Å². The third-order valence-corrected chi connectivity index (χ3v) is 3.75. The molecule has 0 aromatic heterocycles. The maximum atomic E-state index is 11.9. The monoisotopic (exact) mass is 246 g/mol. The van der Waals surface area contributed by atoms with Crippen molar-refractivity contribution in [2.24, 2.45) is 0 Å². The van der Waals surface area contributed by atoms with E-state index < -0.39 is 0 Å². The predicted molar refractivity (Wildman–Crippen MR) is 68.3 cm³/mol. The molecule has 2 atom stereocenters. The van der Waals surface area contributed by atoms with E-state index in [1.54, 1.807) is 0 Å². The van der Waals surface area contributed by atoms with Crippen molar-refractivity contribution in [2.45, 2.75) is 32.0 Å². The molecule has 2 unspecified atom stereocenters. The van der Waals surface area contributed by atoms with Crippen molar-refractivity contribution >= 4 is 6.09 Å². The summed E-state index contributed by atoms with van der Waals surface area (Å²) < 4.78 is 5.40. The third-order valence-electron chi connectivity index (χ3n) is 3.75. The second-order valence-corrected chi connectivity index (χ2v) is 5.10. The Labute approximate surface area is 107 Å². The summed E-state index contributed by atoms with van der Waals surface area (Å²) in [5.74, 6) is 0. The number of aryl methyl sites for hydroxylation is 1. The van der Waals surface area contributed by atoms with Crippen molar-refractivity contribution in [2.75, 3.05) is 13.1 Å².